The molecule has 1 aromatic heterocycles. The molecule has 0 atom stereocenters. The van der Waals surface area contributed by atoms with Crippen LogP contribution in [0.15, 0.2) is 53.7 Å². The molecule has 28 heavy (non-hydrogen) atoms. The molecule has 144 valence electrons. The fraction of sp³-hybridized carbons (Fsp3) is 0.200. The molecule has 0 saturated carbocycles. The van der Waals surface area contributed by atoms with E-state index >= 15 is 0 Å². The summed E-state index contributed by atoms with van der Waals surface area (Å²) in [5, 5.41) is 14.7. The van der Waals surface area contributed by atoms with Gasteiger partial charge in [-0.1, -0.05) is 42.1 Å². The van der Waals surface area contributed by atoms with Crippen molar-refractivity contribution in [2.24, 2.45) is 7.05 Å². The average Bonchev–Trinajstić information content (AvgIpc) is 3.00. The number of hydrogen-bond donors (Lipinski definition) is 2. The van der Waals surface area contributed by atoms with E-state index in [2.05, 4.69) is 20.8 Å². The predicted molar refractivity (Wildman–Crippen MR) is 111 cm³/mol. The quantitative estimate of drug-likeness (QED) is 0.624. The van der Waals surface area contributed by atoms with Crippen LogP contribution < -0.4 is 10.6 Å². The highest BCUT2D eigenvalue weighted by atomic mass is 32.2. The lowest BCUT2D eigenvalue weighted by Crippen LogP contribution is -2.15. The van der Waals surface area contributed by atoms with Gasteiger partial charge in [0, 0.05) is 30.9 Å². The van der Waals surface area contributed by atoms with Crippen LogP contribution in [0.3, 0.4) is 0 Å². The Hall–Kier alpha value is -3.13. The largest absolute Gasteiger partial charge is 0.326 e. The van der Waals surface area contributed by atoms with Gasteiger partial charge in [-0.25, -0.2) is 0 Å². The molecule has 7 nitrogen and oxygen atoms in total. The molecule has 0 unspecified atom stereocenters. The average molecular weight is 395 g/mol. The normalized spacial score (nSPS) is 10.5. The molecule has 8 heteroatoms. The number of carbonyl (C=O) groups excluding carboxylic acids is 2. The van der Waals surface area contributed by atoms with E-state index in [-0.39, 0.29) is 17.6 Å². The minimum Gasteiger partial charge on any atom is -0.326 e. The van der Waals surface area contributed by atoms with Gasteiger partial charge in [0.25, 0.3) is 0 Å². The molecule has 0 aliphatic heterocycles. The summed E-state index contributed by atoms with van der Waals surface area (Å²) < 4.78 is 1.89. The molecule has 0 bridgehead atoms. The fourth-order valence-corrected chi connectivity index (χ4v) is 3.42. The van der Waals surface area contributed by atoms with Gasteiger partial charge in [-0.3, -0.25) is 9.59 Å². The Labute approximate surface area is 167 Å². The van der Waals surface area contributed by atoms with Crippen molar-refractivity contribution in [1.82, 2.24) is 14.8 Å². The lowest BCUT2D eigenvalue weighted by atomic mass is 10.1. The molecule has 2 N–H and O–H groups in total. The summed E-state index contributed by atoms with van der Waals surface area (Å²) in [6.07, 6.45) is 0. The molecule has 2 aromatic carbocycles. The molecule has 3 rings (SSSR count). The van der Waals surface area contributed by atoms with Gasteiger partial charge in [-0.05, 0) is 30.7 Å². The van der Waals surface area contributed by atoms with Crippen LogP contribution >= 0.6 is 11.8 Å². The number of amides is 2. The second kappa shape index (κ2) is 8.71. The molecule has 0 radical (unpaired) electrons. The third kappa shape index (κ3) is 4.77. The first-order valence-corrected chi connectivity index (χ1v) is 9.68. The number of benzene rings is 2. The second-order valence-electron chi connectivity index (χ2n) is 6.28. The zero-order chi connectivity index (χ0) is 20.1. The van der Waals surface area contributed by atoms with Gasteiger partial charge in [0.15, 0.2) is 11.0 Å². The maximum Gasteiger partial charge on any atom is 0.234 e. The molecule has 3 aromatic rings. The van der Waals surface area contributed by atoms with Crippen molar-refractivity contribution in [3.63, 3.8) is 0 Å². The standard InChI is InChI=1S/C20H21N5O2S/c1-13-7-4-5-10-17(13)19-23-24-20(25(19)3)28-12-18(27)22-16-9-6-8-15(11-16)21-14(2)26/h4-11H,12H2,1-3H3,(H,21,26)(H,22,27). The van der Waals surface area contributed by atoms with Crippen molar-refractivity contribution < 1.29 is 9.59 Å². The Bertz CT molecular complexity index is 1020. The second-order valence-corrected chi connectivity index (χ2v) is 7.22. The van der Waals surface area contributed by atoms with Gasteiger partial charge in [0.05, 0.1) is 5.75 Å². The summed E-state index contributed by atoms with van der Waals surface area (Å²) in [6.45, 7) is 3.47. The van der Waals surface area contributed by atoms with Gasteiger partial charge >= 0.3 is 0 Å². The number of aryl methyl sites for hydroxylation is 1. The van der Waals surface area contributed by atoms with Crippen LogP contribution in [0.5, 0.6) is 0 Å². The number of anilines is 2. The van der Waals surface area contributed by atoms with E-state index in [1.807, 2.05) is 42.8 Å². The number of rotatable bonds is 6. The van der Waals surface area contributed by atoms with Gasteiger partial charge in [-0.2, -0.15) is 0 Å². The summed E-state index contributed by atoms with van der Waals surface area (Å²) >= 11 is 1.32. The number of hydrogen-bond acceptors (Lipinski definition) is 5. The highest BCUT2D eigenvalue weighted by Crippen LogP contribution is 2.25. The van der Waals surface area contributed by atoms with Crippen LogP contribution in [0.25, 0.3) is 11.4 Å². The SMILES string of the molecule is CC(=O)Nc1cccc(NC(=O)CSc2nnc(-c3ccccc3C)n2C)c1. The topological polar surface area (TPSA) is 88.9 Å². The van der Waals surface area contributed by atoms with Crippen molar-refractivity contribution in [1.29, 1.82) is 0 Å². The number of nitrogens with zero attached hydrogens (tertiary/aromatic N) is 3. The van der Waals surface area contributed by atoms with E-state index < -0.39 is 0 Å². The van der Waals surface area contributed by atoms with Crippen LogP contribution in [0.4, 0.5) is 11.4 Å². The van der Waals surface area contributed by atoms with E-state index in [0.29, 0.717) is 16.5 Å². The molecule has 2 amide bonds. The van der Waals surface area contributed by atoms with Gasteiger partial charge in [0.1, 0.15) is 0 Å². The van der Waals surface area contributed by atoms with E-state index in [4.69, 9.17) is 0 Å². The first-order valence-electron chi connectivity index (χ1n) is 8.69. The number of nitrogens with one attached hydrogen (secondary N) is 2. The van der Waals surface area contributed by atoms with E-state index in [0.717, 1.165) is 17.0 Å². The smallest absolute Gasteiger partial charge is 0.234 e. The first kappa shape index (κ1) is 19.6. The van der Waals surface area contributed by atoms with Crippen molar-refractivity contribution in [2.45, 2.75) is 19.0 Å². The number of aromatic nitrogens is 3. The van der Waals surface area contributed by atoms with Crippen LogP contribution in [0, 0.1) is 6.92 Å². The Morgan fingerprint density at radius 1 is 1.04 bits per heavy atom. The third-order valence-electron chi connectivity index (χ3n) is 4.02. The monoisotopic (exact) mass is 395 g/mol. The highest BCUT2D eigenvalue weighted by molar-refractivity contribution is 7.99. The summed E-state index contributed by atoms with van der Waals surface area (Å²) in [7, 11) is 1.89. The zero-order valence-corrected chi connectivity index (χ0v) is 16.7. The molecule has 0 aliphatic rings. The van der Waals surface area contributed by atoms with Crippen LogP contribution in [-0.4, -0.2) is 32.3 Å². The lowest BCUT2D eigenvalue weighted by Gasteiger charge is -2.08. The van der Waals surface area contributed by atoms with Crippen molar-refractivity contribution >= 4 is 35.0 Å². The maximum absolute atomic E-state index is 12.3. The zero-order valence-electron chi connectivity index (χ0n) is 15.9. The number of thioether (sulfide) groups is 1. The fourth-order valence-electron chi connectivity index (χ4n) is 2.70. The van der Waals surface area contributed by atoms with E-state index in [9.17, 15) is 9.59 Å². The Kier molecular flexibility index (Phi) is 6.10. The third-order valence-corrected chi connectivity index (χ3v) is 5.04. The molecular formula is C20H21N5O2S. The van der Waals surface area contributed by atoms with Gasteiger partial charge in [-0.15, -0.1) is 10.2 Å². The van der Waals surface area contributed by atoms with E-state index in [1.54, 1.807) is 24.3 Å². The maximum atomic E-state index is 12.3. The van der Waals surface area contributed by atoms with Gasteiger partial charge < -0.3 is 15.2 Å². The Morgan fingerprint density at radius 2 is 1.75 bits per heavy atom. The minimum absolute atomic E-state index is 0.161. The molecule has 0 spiro atoms. The Balaban J connectivity index is 1.63. The van der Waals surface area contributed by atoms with Crippen molar-refractivity contribution in [3.05, 3.63) is 54.1 Å². The summed E-state index contributed by atoms with van der Waals surface area (Å²) in [4.78, 5) is 23.4. The molecule has 0 fully saturated rings. The van der Waals surface area contributed by atoms with Crippen LogP contribution in [-0.2, 0) is 16.6 Å². The lowest BCUT2D eigenvalue weighted by molar-refractivity contribution is -0.114. The van der Waals surface area contributed by atoms with Crippen molar-refractivity contribution in [2.75, 3.05) is 16.4 Å². The predicted octanol–water partition coefficient (Wildman–Crippen LogP) is 3.48. The minimum atomic E-state index is -0.162. The van der Waals surface area contributed by atoms with Gasteiger partial charge in [0.2, 0.25) is 11.8 Å². The Morgan fingerprint density at radius 3 is 2.46 bits per heavy atom. The summed E-state index contributed by atoms with van der Waals surface area (Å²) in [5.74, 6) is 0.643. The molecule has 0 saturated heterocycles. The summed E-state index contributed by atoms with van der Waals surface area (Å²) in [6, 6.07) is 15.0. The first-order chi connectivity index (χ1) is 13.4. The van der Waals surface area contributed by atoms with Crippen LogP contribution in [0.2, 0.25) is 0 Å². The highest BCUT2D eigenvalue weighted by Gasteiger charge is 2.14. The summed E-state index contributed by atoms with van der Waals surface area (Å²) in [5.41, 5.74) is 3.39. The van der Waals surface area contributed by atoms with Crippen molar-refractivity contribution in [3.8, 4) is 11.4 Å². The molecular weight excluding hydrogens is 374 g/mol. The van der Waals surface area contributed by atoms with E-state index in [1.165, 1.54) is 18.7 Å². The molecule has 1 heterocycles. The molecule has 0 aliphatic carbocycles. The van der Waals surface area contributed by atoms with Crippen LogP contribution in [0.1, 0.15) is 12.5 Å². The number of carbonyl (C=O) groups is 2.